The molecular weight excluding hydrogens is 246 g/mol. The van der Waals surface area contributed by atoms with Gasteiger partial charge < -0.3 is 10.5 Å². The number of hydrogen-bond acceptors (Lipinski definition) is 2. The summed E-state index contributed by atoms with van der Waals surface area (Å²) in [5, 5.41) is 0. The third-order valence-electron chi connectivity index (χ3n) is 3.73. The first-order valence-corrected chi connectivity index (χ1v) is 8.08. The largest absolute Gasteiger partial charge is 0.493 e. The second-order valence-corrected chi connectivity index (χ2v) is 5.77. The van der Waals surface area contributed by atoms with Gasteiger partial charge in [-0.05, 0) is 63.1 Å². The first-order valence-electron chi connectivity index (χ1n) is 8.08. The zero-order valence-corrected chi connectivity index (χ0v) is 13.7. The fourth-order valence-corrected chi connectivity index (χ4v) is 2.86. The molecule has 1 atom stereocenters. The van der Waals surface area contributed by atoms with E-state index in [1.54, 1.807) is 0 Å². The third-order valence-corrected chi connectivity index (χ3v) is 3.73. The van der Waals surface area contributed by atoms with Crippen LogP contribution in [0.3, 0.4) is 0 Å². The summed E-state index contributed by atoms with van der Waals surface area (Å²) >= 11 is 0. The standard InChI is InChI=1S/C18H31NO/c1-5-8-16(9-7-10-19)17-13-14(3)12-15(4)18(17)20-11-6-2/h12-13,16H,5-11,19H2,1-4H3. The van der Waals surface area contributed by atoms with Gasteiger partial charge in [-0.2, -0.15) is 0 Å². The molecule has 0 saturated carbocycles. The Hall–Kier alpha value is -1.02. The maximum Gasteiger partial charge on any atom is 0.125 e. The molecule has 0 heterocycles. The fourth-order valence-electron chi connectivity index (χ4n) is 2.86. The van der Waals surface area contributed by atoms with Gasteiger partial charge in [-0.25, -0.2) is 0 Å². The van der Waals surface area contributed by atoms with Crippen molar-refractivity contribution >= 4 is 0 Å². The van der Waals surface area contributed by atoms with Crippen LogP contribution < -0.4 is 10.5 Å². The van der Waals surface area contributed by atoms with Crippen molar-refractivity contribution in [2.75, 3.05) is 13.2 Å². The van der Waals surface area contributed by atoms with Crippen LogP contribution >= 0.6 is 0 Å². The van der Waals surface area contributed by atoms with Gasteiger partial charge in [0.25, 0.3) is 0 Å². The van der Waals surface area contributed by atoms with E-state index in [0.29, 0.717) is 5.92 Å². The second-order valence-electron chi connectivity index (χ2n) is 5.77. The molecule has 0 amide bonds. The summed E-state index contributed by atoms with van der Waals surface area (Å²) < 4.78 is 6.05. The van der Waals surface area contributed by atoms with Crippen molar-refractivity contribution in [2.24, 2.45) is 5.73 Å². The average Bonchev–Trinajstić information content (AvgIpc) is 2.42. The van der Waals surface area contributed by atoms with E-state index < -0.39 is 0 Å². The second kappa shape index (κ2) is 9.02. The highest BCUT2D eigenvalue weighted by Gasteiger charge is 2.17. The first kappa shape index (κ1) is 17.0. The van der Waals surface area contributed by atoms with Gasteiger partial charge in [-0.1, -0.05) is 38.0 Å². The summed E-state index contributed by atoms with van der Waals surface area (Å²) in [7, 11) is 0. The highest BCUT2D eigenvalue weighted by atomic mass is 16.5. The number of rotatable bonds is 9. The first-order chi connectivity index (χ1) is 9.63. The van der Waals surface area contributed by atoms with Gasteiger partial charge in [0.15, 0.2) is 0 Å². The number of benzene rings is 1. The summed E-state index contributed by atoms with van der Waals surface area (Å²) in [5.74, 6) is 1.70. The molecule has 0 aliphatic carbocycles. The maximum absolute atomic E-state index is 6.05. The zero-order chi connectivity index (χ0) is 15.0. The van der Waals surface area contributed by atoms with Gasteiger partial charge in [-0.3, -0.25) is 0 Å². The molecule has 2 nitrogen and oxygen atoms in total. The molecule has 1 aromatic rings. The molecule has 0 aromatic heterocycles. The minimum Gasteiger partial charge on any atom is -0.493 e. The molecule has 2 heteroatoms. The van der Waals surface area contributed by atoms with Crippen LogP contribution in [0, 0.1) is 13.8 Å². The van der Waals surface area contributed by atoms with Crippen LogP contribution in [0.25, 0.3) is 0 Å². The minimum absolute atomic E-state index is 0.578. The van der Waals surface area contributed by atoms with Crippen LogP contribution in [0.4, 0.5) is 0 Å². The van der Waals surface area contributed by atoms with Gasteiger partial charge in [0.2, 0.25) is 0 Å². The number of aryl methyl sites for hydroxylation is 2. The summed E-state index contributed by atoms with van der Waals surface area (Å²) in [6.07, 6.45) is 5.72. The molecule has 1 aromatic carbocycles. The molecule has 1 rings (SSSR count). The number of hydrogen-bond donors (Lipinski definition) is 1. The van der Waals surface area contributed by atoms with Crippen LogP contribution in [-0.2, 0) is 0 Å². The van der Waals surface area contributed by atoms with Gasteiger partial charge in [0.05, 0.1) is 6.61 Å². The van der Waals surface area contributed by atoms with E-state index in [1.165, 1.54) is 29.5 Å². The van der Waals surface area contributed by atoms with E-state index in [1.807, 2.05) is 0 Å². The molecule has 0 fully saturated rings. The van der Waals surface area contributed by atoms with Crippen molar-refractivity contribution in [3.05, 3.63) is 28.8 Å². The highest BCUT2D eigenvalue weighted by Crippen LogP contribution is 2.36. The molecule has 114 valence electrons. The van der Waals surface area contributed by atoms with Crippen LogP contribution in [-0.4, -0.2) is 13.2 Å². The van der Waals surface area contributed by atoms with Crippen molar-refractivity contribution < 1.29 is 4.74 Å². The molecule has 0 radical (unpaired) electrons. The topological polar surface area (TPSA) is 35.2 Å². The normalized spacial score (nSPS) is 12.4. The Balaban J connectivity index is 3.08. The molecule has 20 heavy (non-hydrogen) atoms. The van der Waals surface area contributed by atoms with Gasteiger partial charge in [-0.15, -0.1) is 0 Å². The molecule has 0 aliphatic heterocycles. The predicted molar refractivity (Wildman–Crippen MR) is 87.6 cm³/mol. The van der Waals surface area contributed by atoms with E-state index in [0.717, 1.165) is 38.2 Å². The Kier molecular flexibility index (Phi) is 7.68. The van der Waals surface area contributed by atoms with Crippen LogP contribution in [0.5, 0.6) is 5.75 Å². The van der Waals surface area contributed by atoms with Gasteiger partial charge in [0, 0.05) is 0 Å². The molecule has 0 bridgehead atoms. The third kappa shape index (κ3) is 4.82. The quantitative estimate of drug-likeness (QED) is 0.709. The average molecular weight is 277 g/mol. The predicted octanol–water partition coefficient (Wildman–Crippen LogP) is 4.71. The van der Waals surface area contributed by atoms with E-state index in [4.69, 9.17) is 10.5 Å². The summed E-state index contributed by atoms with van der Waals surface area (Å²) in [5.41, 5.74) is 9.69. The van der Waals surface area contributed by atoms with Crippen LogP contribution in [0.1, 0.15) is 68.6 Å². The molecule has 0 saturated heterocycles. The van der Waals surface area contributed by atoms with Gasteiger partial charge in [0.1, 0.15) is 5.75 Å². The van der Waals surface area contributed by atoms with E-state index in [-0.39, 0.29) is 0 Å². The summed E-state index contributed by atoms with van der Waals surface area (Å²) in [6.45, 7) is 10.3. The van der Waals surface area contributed by atoms with Crippen molar-refractivity contribution in [3.63, 3.8) is 0 Å². The van der Waals surface area contributed by atoms with E-state index in [9.17, 15) is 0 Å². The lowest BCUT2D eigenvalue weighted by Crippen LogP contribution is -2.08. The molecule has 0 aliphatic rings. The maximum atomic E-state index is 6.05. The van der Waals surface area contributed by atoms with Crippen molar-refractivity contribution in [1.82, 2.24) is 0 Å². The monoisotopic (exact) mass is 277 g/mol. The highest BCUT2D eigenvalue weighted by molar-refractivity contribution is 5.45. The Labute approximate surface area is 124 Å². The van der Waals surface area contributed by atoms with Gasteiger partial charge >= 0.3 is 0 Å². The minimum atomic E-state index is 0.578. The number of nitrogens with two attached hydrogens (primary N) is 1. The van der Waals surface area contributed by atoms with E-state index in [2.05, 4.69) is 39.8 Å². The van der Waals surface area contributed by atoms with Crippen molar-refractivity contribution in [3.8, 4) is 5.75 Å². The number of ether oxygens (including phenoxy) is 1. The van der Waals surface area contributed by atoms with Crippen LogP contribution in [0.15, 0.2) is 12.1 Å². The summed E-state index contributed by atoms with van der Waals surface area (Å²) in [6, 6.07) is 4.54. The van der Waals surface area contributed by atoms with Crippen molar-refractivity contribution in [2.45, 2.75) is 65.7 Å². The lowest BCUT2D eigenvalue weighted by atomic mass is 9.87. The Morgan fingerprint density at radius 2 is 1.85 bits per heavy atom. The Morgan fingerprint density at radius 3 is 2.45 bits per heavy atom. The molecular formula is C18H31NO. The molecule has 2 N–H and O–H groups in total. The van der Waals surface area contributed by atoms with Crippen molar-refractivity contribution in [1.29, 1.82) is 0 Å². The lowest BCUT2D eigenvalue weighted by molar-refractivity contribution is 0.308. The molecule has 1 unspecified atom stereocenters. The Bertz CT molecular complexity index is 401. The smallest absolute Gasteiger partial charge is 0.125 e. The Morgan fingerprint density at radius 1 is 1.10 bits per heavy atom. The fraction of sp³-hybridized carbons (Fsp3) is 0.667. The SMILES string of the molecule is CCCOc1c(C)cc(C)cc1C(CCC)CCCN. The lowest BCUT2D eigenvalue weighted by Gasteiger charge is -2.22. The zero-order valence-electron chi connectivity index (χ0n) is 13.7. The van der Waals surface area contributed by atoms with E-state index >= 15 is 0 Å². The van der Waals surface area contributed by atoms with Crippen LogP contribution in [0.2, 0.25) is 0 Å². The molecule has 0 spiro atoms. The summed E-state index contributed by atoms with van der Waals surface area (Å²) in [4.78, 5) is 0.